The molecule has 8 nitrogen and oxygen atoms in total. The first-order chi connectivity index (χ1) is 13.7. The normalized spacial score (nSPS) is 13.9. The number of rotatable bonds is 4. The molecule has 3 aromatic rings. The Morgan fingerprint density at radius 3 is 2.40 bits per heavy atom. The molecule has 1 atom stereocenters. The highest BCUT2D eigenvalue weighted by Crippen LogP contribution is 2.35. The summed E-state index contributed by atoms with van der Waals surface area (Å²) in [4.78, 5) is 36.4. The van der Waals surface area contributed by atoms with Gasteiger partial charge in [0.2, 0.25) is 11.2 Å². The Kier molecular flexibility index (Phi) is 4.95. The Labute approximate surface area is 170 Å². The van der Waals surface area contributed by atoms with Crippen molar-refractivity contribution in [3.8, 4) is 16.3 Å². The van der Waals surface area contributed by atoms with Crippen molar-refractivity contribution in [3.63, 3.8) is 0 Å². The third-order valence-electron chi connectivity index (χ3n) is 4.48. The van der Waals surface area contributed by atoms with E-state index in [1.165, 1.54) is 25.2 Å². The molecule has 12 heteroatoms. The first kappa shape index (κ1) is 21.5. The molecule has 0 aliphatic heterocycles. The highest BCUT2D eigenvalue weighted by molar-refractivity contribution is 7.20. The van der Waals surface area contributed by atoms with Crippen molar-refractivity contribution >= 4 is 33.2 Å². The summed E-state index contributed by atoms with van der Waals surface area (Å²) in [7, 11) is 1.32. The van der Waals surface area contributed by atoms with Crippen molar-refractivity contribution in [2.24, 2.45) is 12.8 Å². The minimum absolute atomic E-state index is 0.0238. The monoisotopic (exact) mass is 441 g/mol. The van der Waals surface area contributed by atoms with Crippen LogP contribution in [0.3, 0.4) is 0 Å². The van der Waals surface area contributed by atoms with Gasteiger partial charge in [-0.05, 0) is 25.1 Å². The van der Waals surface area contributed by atoms with E-state index >= 15 is 0 Å². The number of fused-ring (bicyclic) bond motifs is 1. The maximum Gasteiger partial charge on any atom is 0.435 e. The Hall–Kier alpha value is -3.25. The molecule has 0 fully saturated rings. The molecule has 1 aromatic carbocycles. The van der Waals surface area contributed by atoms with E-state index in [-0.39, 0.29) is 21.3 Å². The molecule has 30 heavy (non-hydrogen) atoms. The fourth-order valence-electron chi connectivity index (χ4n) is 2.77. The molecule has 0 spiro atoms. The zero-order valence-corrected chi connectivity index (χ0v) is 16.3. The number of halogens is 3. The summed E-state index contributed by atoms with van der Waals surface area (Å²) in [6.45, 7) is 0.898. The number of hydrogen-bond acceptors (Lipinski definition) is 7. The van der Waals surface area contributed by atoms with Crippen LogP contribution in [0, 0.1) is 0 Å². The number of nitrogens with zero attached hydrogens (tertiary/aromatic N) is 2. The van der Waals surface area contributed by atoms with Gasteiger partial charge in [-0.25, -0.2) is 4.79 Å². The molecule has 2 aromatic heterocycles. The topological polar surface area (TPSA) is 136 Å². The van der Waals surface area contributed by atoms with Crippen molar-refractivity contribution in [1.29, 1.82) is 0 Å². The van der Waals surface area contributed by atoms with Crippen LogP contribution in [0.25, 0.3) is 21.3 Å². The lowest BCUT2D eigenvalue weighted by Crippen LogP contribution is -2.53. The van der Waals surface area contributed by atoms with Crippen LogP contribution in [0.15, 0.2) is 29.1 Å². The quantitative estimate of drug-likeness (QED) is 0.418. The third kappa shape index (κ3) is 3.44. The number of Topliss-reactive ketones (excluding diaryl/α,β-unsaturated/α-hetero) is 1. The second-order valence-corrected chi connectivity index (χ2v) is 7.73. The highest BCUT2D eigenvalue weighted by Gasteiger charge is 2.40. The van der Waals surface area contributed by atoms with Gasteiger partial charge in [-0.15, -0.1) is 0 Å². The average molecular weight is 441 g/mol. The Morgan fingerprint density at radius 1 is 1.23 bits per heavy atom. The van der Waals surface area contributed by atoms with Crippen LogP contribution in [-0.4, -0.2) is 37.3 Å². The summed E-state index contributed by atoms with van der Waals surface area (Å²) < 4.78 is 39.9. The number of aryl methyl sites for hydroxylation is 1. The fourth-order valence-corrected chi connectivity index (χ4v) is 3.73. The summed E-state index contributed by atoms with van der Waals surface area (Å²) >= 11 is 0.600. The van der Waals surface area contributed by atoms with E-state index in [4.69, 9.17) is 10.8 Å². The molecule has 4 N–H and O–H groups in total. The zero-order chi connectivity index (χ0) is 22.6. The SMILES string of the molecule is Cn1nc(C(F)(F)F)cc1-c1ccc2c(=O)c(C(=O)C(C)(N)C(=O)O)c(O)sc2c1. The molecule has 0 amide bonds. The number of carboxylic acids is 1. The van der Waals surface area contributed by atoms with Gasteiger partial charge in [0.05, 0.1) is 5.69 Å². The van der Waals surface area contributed by atoms with Gasteiger partial charge < -0.3 is 15.9 Å². The van der Waals surface area contributed by atoms with E-state index in [9.17, 15) is 32.7 Å². The number of nitrogens with two attached hydrogens (primary N) is 1. The largest absolute Gasteiger partial charge is 0.499 e. The van der Waals surface area contributed by atoms with Crippen LogP contribution in [0.4, 0.5) is 13.2 Å². The average Bonchev–Trinajstić information content (AvgIpc) is 3.03. The number of ketones is 1. The number of benzene rings is 1. The number of alkyl halides is 3. The lowest BCUT2D eigenvalue weighted by Gasteiger charge is -2.17. The van der Waals surface area contributed by atoms with Crippen molar-refractivity contribution < 1.29 is 33.0 Å². The molecule has 2 heterocycles. The molecular weight excluding hydrogens is 427 g/mol. The first-order valence-corrected chi connectivity index (χ1v) is 9.05. The van der Waals surface area contributed by atoms with Crippen LogP contribution < -0.4 is 11.2 Å². The van der Waals surface area contributed by atoms with E-state index in [1.807, 2.05) is 0 Å². The van der Waals surface area contributed by atoms with E-state index in [0.29, 0.717) is 11.3 Å². The van der Waals surface area contributed by atoms with Gasteiger partial charge in [-0.1, -0.05) is 17.4 Å². The second kappa shape index (κ2) is 6.92. The Bertz CT molecular complexity index is 1260. The molecule has 0 aliphatic rings. The van der Waals surface area contributed by atoms with Crippen LogP contribution in [0.2, 0.25) is 0 Å². The predicted octanol–water partition coefficient (Wildman–Crippen LogP) is 2.37. The maximum atomic E-state index is 12.9. The number of hydrogen-bond donors (Lipinski definition) is 3. The number of carbonyl (C=O) groups excluding carboxylic acids is 1. The predicted molar refractivity (Wildman–Crippen MR) is 102 cm³/mol. The molecule has 0 radical (unpaired) electrons. The van der Waals surface area contributed by atoms with Crippen molar-refractivity contribution in [2.75, 3.05) is 0 Å². The van der Waals surface area contributed by atoms with Gasteiger partial charge >= 0.3 is 12.1 Å². The molecule has 0 saturated carbocycles. The molecule has 0 bridgehead atoms. The first-order valence-electron chi connectivity index (χ1n) is 8.23. The van der Waals surface area contributed by atoms with Gasteiger partial charge in [0.25, 0.3) is 0 Å². The standard InChI is InChI=1S/C18H14F3N3O5S/c1-17(22,16(28)29)14(26)12-13(25)8-4-3-7(5-10(8)30-15(12)27)9-6-11(18(19,20)21)23-24(9)2/h3-6,27H,22H2,1-2H3,(H,28,29). The molecular formula is C18H14F3N3O5S. The summed E-state index contributed by atoms with van der Waals surface area (Å²) in [5.41, 5.74) is 0.667. The number of carboxylic acid groups (broad SMARTS) is 1. The fraction of sp³-hybridized carbons (Fsp3) is 0.222. The number of aliphatic carboxylic acids is 1. The smallest absolute Gasteiger partial charge is 0.435 e. The molecule has 0 aliphatic carbocycles. The van der Waals surface area contributed by atoms with E-state index in [1.54, 1.807) is 0 Å². The van der Waals surface area contributed by atoms with E-state index < -0.39 is 45.2 Å². The zero-order valence-electron chi connectivity index (χ0n) is 15.4. The summed E-state index contributed by atoms with van der Waals surface area (Å²) in [6, 6.07) is 4.84. The molecule has 1 unspecified atom stereocenters. The number of carbonyl (C=O) groups is 2. The molecule has 3 rings (SSSR count). The van der Waals surface area contributed by atoms with Crippen molar-refractivity contribution in [2.45, 2.75) is 18.6 Å². The van der Waals surface area contributed by atoms with Crippen LogP contribution in [-0.2, 0) is 18.0 Å². The van der Waals surface area contributed by atoms with Crippen LogP contribution >= 0.6 is 11.3 Å². The minimum atomic E-state index is -4.63. The summed E-state index contributed by atoms with van der Waals surface area (Å²) in [5, 5.41) is 22.0. The van der Waals surface area contributed by atoms with E-state index in [2.05, 4.69) is 5.10 Å². The van der Waals surface area contributed by atoms with Crippen molar-refractivity contribution in [1.82, 2.24) is 9.78 Å². The number of aromatic hydroxyl groups is 1. The molecule has 0 saturated heterocycles. The van der Waals surface area contributed by atoms with Gasteiger partial charge in [-0.2, -0.15) is 18.3 Å². The van der Waals surface area contributed by atoms with Crippen LogP contribution in [0.1, 0.15) is 23.0 Å². The molecule has 158 valence electrons. The van der Waals surface area contributed by atoms with Crippen LogP contribution in [0.5, 0.6) is 5.06 Å². The van der Waals surface area contributed by atoms with Gasteiger partial charge in [0, 0.05) is 22.7 Å². The second-order valence-electron chi connectivity index (χ2n) is 6.70. The van der Waals surface area contributed by atoms with Crippen molar-refractivity contribution in [3.05, 3.63) is 45.7 Å². The summed E-state index contributed by atoms with van der Waals surface area (Å²) in [6.07, 6.45) is -4.63. The highest BCUT2D eigenvalue weighted by atomic mass is 32.1. The summed E-state index contributed by atoms with van der Waals surface area (Å²) in [5.74, 6) is -2.94. The van der Waals surface area contributed by atoms with E-state index in [0.717, 1.165) is 17.7 Å². The number of aromatic nitrogens is 2. The Balaban J connectivity index is 2.17. The Morgan fingerprint density at radius 2 is 1.87 bits per heavy atom. The third-order valence-corrected chi connectivity index (χ3v) is 5.44. The lowest BCUT2D eigenvalue weighted by atomic mass is 9.92. The van der Waals surface area contributed by atoms with Gasteiger partial charge in [0.15, 0.2) is 16.3 Å². The van der Waals surface area contributed by atoms with Gasteiger partial charge in [0.1, 0.15) is 5.56 Å². The van der Waals surface area contributed by atoms with Gasteiger partial charge in [-0.3, -0.25) is 14.3 Å². The lowest BCUT2D eigenvalue weighted by molar-refractivity contribution is -0.142. The maximum absolute atomic E-state index is 12.9. The minimum Gasteiger partial charge on any atom is -0.499 e.